The summed E-state index contributed by atoms with van der Waals surface area (Å²) in [6.07, 6.45) is 1.50. The summed E-state index contributed by atoms with van der Waals surface area (Å²) in [5.41, 5.74) is 1.80. The topological polar surface area (TPSA) is 93.2 Å². The number of ether oxygens (including phenoxy) is 1. The van der Waals surface area contributed by atoms with Crippen molar-refractivity contribution >= 4 is 17.5 Å². The molecule has 3 aromatic rings. The van der Waals surface area contributed by atoms with Gasteiger partial charge in [0.1, 0.15) is 24.0 Å². The molecule has 0 radical (unpaired) electrons. The Kier molecular flexibility index (Phi) is 6.13. The van der Waals surface area contributed by atoms with Crippen LogP contribution in [0.3, 0.4) is 0 Å². The summed E-state index contributed by atoms with van der Waals surface area (Å²) < 4.78 is 5.82. The molecule has 0 spiro atoms. The van der Waals surface area contributed by atoms with Gasteiger partial charge in [-0.25, -0.2) is 0 Å². The third-order valence-electron chi connectivity index (χ3n) is 4.16. The van der Waals surface area contributed by atoms with Crippen LogP contribution in [0.5, 0.6) is 5.75 Å². The average molecular weight is 384 g/mol. The van der Waals surface area contributed by atoms with Gasteiger partial charge in [-0.3, -0.25) is 14.9 Å². The molecule has 0 aliphatic rings. The Balaban J connectivity index is 1.81. The highest BCUT2D eigenvalue weighted by atomic mass is 16.6. The minimum Gasteiger partial charge on any atom is -0.488 e. The van der Waals surface area contributed by atoms with Gasteiger partial charge in [0.15, 0.2) is 0 Å². The summed E-state index contributed by atoms with van der Waals surface area (Å²) in [6.45, 7) is 0.192. The quantitative estimate of drug-likeness (QED) is 0.189. The molecule has 0 unspecified atom stereocenters. The van der Waals surface area contributed by atoms with E-state index in [0.717, 1.165) is 5.56 Å². The zero-order chi connectivity index (χ0) is 20.6. The molecule has 0 aliphatic heterocycles. The number of nitriles is 1. The van der Waals surface area contributed by atoms with Crippen LogP contribution in [0.1, 0.15) is 21.5 Å². The molecule has 0 aliphatic carbocycles. The fourth-order valence-electron chi connectivity index (χ4n) is 2.66. The Morgan fingerprint density at radius 2 is 1.66 bits per heavy atom. The van der Waals surface area contributed by atoms with E-state index in [4.69, 9.17) is 4.74 Å². The van der Waals surface area contributed by atoms with Crippen molar-refractivity contribution in [3.8, 4) is 11.8 Å². The summed E-state index contributed by atoms with van der Waals surface area (Å²) >= 11 is 0. The zero-order valence-electron chi connectivity index (χ0n) is 15.3. The van der Waals surface area contributed by atoms with Crippen LogP contribution >= 0.6 is 0 Å². The Morgan fingerprint density at radius 3 is 2.31 bits per heavy atom. The Labute approximate surface area is 167 Å². The first-order chi connectivity index (χ1) is 14.1. The lowest BCUT2D eigenvalue weighted by atomic mass is 10.0. The molecule has 6 nitrogen and oxygen atoms in total. The minimum atomic E-state index is -0.460. The number of hydrogen-bond donors (Lipinski definition) is 0. The lowest BCUT2D eigenvalue weighted by molar-refractivity contribution is -0.384. The number of para-hydroxylation sites is 1. The fraction of sp³-hybridized carbons (Fsp3) is 0.0435. The van der Waals surface area contributed by atoms with Crippen LogP contribution < -0.4 is 4.74 Å². The van der Waals surface area contributed by atoms with E-state index in [1.807, 2.05) is 6.07 Å². The summed E-state index contributed by atoms with van der Waals surface area (Å²) in [6, 6.07) is 23.7. The number of carbonyl (C=O) groups excluding carboxylic acids is 1. The molecule has 0 fully saturated rings. The first kappa shape index (κ1) is 19.5. The van der Waals surface area contributed by atoms with Crippen LogP contribution in [0, 0.1) is 21.4 Å². The molecule has 0 N–H and O–H groups in total. The van der Waals surface area contributed by atoms with Crippen molar-refractivity contribution < 1.29 is 14.5 Å². The Bertz CT molecular complexity index is 1100. The highest BCUT2D eigenvalue weighted by Gasteiger charge is 2.13. The first-order valence-corrected chi connectivity index (χ1v) is 8.75. The molecule has 0 saturated carbocycles. The predicted molar refractivity (Wildman–Crippen MR) is 108 cm³/mol. The fourth-order valence-corrected chi connectivity index (χ4v) is 2.66. The molecule has 29 heavy (non-hydrogen) atoms. The van der Waals surface area contributed by atoms with E-state index in [9.17, 15) is 20.2 Å². The number of nitro groups is 1. The largest absolute Gasteiger partial charge is 0.488 e. The SMILES string of the molecule is N#C/C(=C\c1ccccc1OCc1ccc([N+](=O)[O-])cc1)C(=O)c1ccccc1. The van der Waals surface area contributed by atoms with Crippen LogP contribution in [0.25, 0.3) is 6.08 Å². The number of Topliss-reactive ketones (excluding diaryl/α,β-unsaturated/α-hetero) is 1. The zero-order valence-corrected chi connectivity index (χ0v) is 15.3. The van der Waals surface area contributed by atoms with Crippen molar-refractivity contribution in [3.63, 3.8) is 0 Å². The standard InChI is InChI=1S/C23H16N2O4/c24-15-20(23(26)18-6-2-1-3-7-18)14-19-8-4-5-9-22(19)29-16-17-10-12-21(13-11-17)25(27)28/h1-14H,16H2/b20-14+. The van der Waals surface area contributed by atoms with Gasteiger partial charge in [0.05, 0.1) is 4.92 Å². The minimum absolute atomic E-state index is 0.00239. The molecule has 0 bridgehead atoms. The number of rotatable bonds is 7. The Morgan fingerprint density at radius 1 is 1.00 bits per heavy atom. The number of nitrogens with zero attached hydrogens (tertiary/aromatic N) is 2. The number of allylic oxidation sites excluding steroid dienone is 1. The second-order valence-electron chi connectivity index (χ2n) is 6.12. The van der Waals surface area contributed by atoms with Crippen molar-refractivity contribution in [2.45, 2.75) is 6.61 Å². The second kappa shape index (κ2) is 9.11. The van der Waals surface area contributed by atoms with Crippen LogP contribution in [0.2, 0.25) is 0 Å². The molecule has 0 amide bonds. The Hall–Kier alpha value is -4.24. The predicted octanol–water partition coefficient (Wildman–Crippen LogP) is 4.96. The number of benzene rings is 3. The molecule has 3 aromatic carbocycles. The summed E-state index contributed by atoms with van der Waals surface area (Å²) in [5, 5.41) is 20.2. The monoisotopic (exact) mass is 384 g/mol. The van der Waals surface area contributed by atoms with Gasteiger partial charge < -0.3 is 4.74 Å². The van der Waals surface area contributed by atoms with E-state index in [1.54, 1.807) is 66.7 Å². The molecular formula is C23H16N2O4. The lowest BCUT2D eigenvalue weighted by Crippen LogP contribution is -2.02. The van der Waals surface area contributed by atoms with Crippen molar-refractivity contribution in [1.29, 1.82) is 5.26 Å². The highest BCUT2D eigenvalue weighted by molar-refractivity contribution is 6.14. The van der Waals surface area contributed by atoms with Gasteiger partial charge >= 0.3 is 0 Å². The first-order valence-electron chi connectivity index (χ1n) is 8.75. The lowest BCUT2D eigenvalue weighted by Gasteiger charge is -2.10. The van der Waals surface area contributed by atoms with Crippen molar-refractivity contribution in [2.75, 3.05) is 0 Å². The number of carbonyl (C=O) groups is 1. The second-order valence-corrected chi connectivity index (χ2v) is 6.12. The van der Waals surface area contributed by atoms with E-state index < -0.39 is 4.92 Å². The summed E-state index contributed by atoms with van der Waals surface area (Å²) in [4.78, 5) is 22.8. The molecule has 6 heteroatoms. The van der Waals surface area contributed by atoms with Crippen LogP contribution in [0.4, 0.5) is 5.69 Å². The molecule has 0 saturated heterocycles. The molecular weight excluding hydrogens is 368 g/mol. The smallest absolute Gasteiger partial charge is 0.269 e. The van der Waals surface area contributed by atoms with E-state index in [0.29, 0.717) is 16.9 Å². The van der Waals surface area contributed by atoms with E-state index >= 15 is 0 Å². The number of ketones is 1. The van der Waals surface area contributed by atoms with Gasteiger partial charge in [-0.1, -0.05) is 48.5 Å². The van der Waals surface area contributed by atoms with Crippen LogP contribution in [0.15, 0.2) is 84.4 Å². The molecule has 0 aromatic heterocycles. The normalized spacial score (nSPS) is 10.8. The van der Waals surface area contributed by atoms with Gasteiger partial charge in [-0.15, -0.1) is 0 Å². The summed E-state index contributed by atoms with van der Waals surface area (Å²) in [7, 11) is 0. The van der Waals surface area contributed by atoms with Crippen molar-refractivity contribution in [3.05, 3.63) is 111 Å². The molecule has 142 valence electrons. The molecule has 0 heterocycles. The van der Waals surface area contributed by atoms with E-state index in [-0.39, 0.29) is 23.7 Å². The highest BCUT2D eigenvalue weighted by Crippen LogP contribution is 2.23. The molecule has 3 rings (SSSR count). The maximum absolute atomic E-state index is 12.6. The third kappa shape index (κ3) is 4.93. The van der Waals surface area contributed by atoms with E-state index in [1.165, 1.54) is 18.2 Å². The van der Waals surface area contributed by atoms with Gasteiger partial charge in [0.25, 0.3) is 5.69 Å². The van der Waals surface area contributed by atoms with Crippen molar-refractivity contribution in [2.24, 2.45) is 0 Å². The van der Waals surface area contributed by atoms with Gasteiger partial charge in [-0.2, -0.15) is 5.26 Å². The number of non-ortho nitro benzene ring substituents is 1. The maximum atomic E-state index is 12.6. The van der Waals surface area contributed by atoms with Gasteiger partial charge in [0.2, 0.25) is 5.78 Å². The number of nitro benzene ring substituents is 1. The van der Waals surface area contributed by atoms with Gasteiger partial charge in [-0.05, 0) is 29.8 Å². The van der Waals surface area contributed by atoms with E-state index in [2.05, 4.69) is 0 Å². The maximum Gasteiger partial charge on any atom is 0.269 e. The molecule has 0 atom stereocenters. The summed E-state index contributed by atoms with van der Waals surface area (Å²) in [5.74, 6) is 0.137. The van der Waals surface area contributed by atoms with Crippen LogP contribution in [-0.2, 0) is 6.61 Å². The van der Waals surface area contributed by atoms with Crippen molar-refractivity contribution in [1.82, 2.24) is 0 Å². The third-order valence-corrected chi connectivity index (χ3v) is 4.16. The van der Waals surface area contributed by atoms with Crippen LogP contribution in [-0.4, -0.2) is 10.7 Å². The number of hydrogen-bond acceptors (Lipinski definition) is 5. The van der Waals surface area contributed by atoms with Gasteiger partial charge in [0, 0.05) is 23.3 Å². The average Bonchev–Trinajstić information content (AvgIpc) is 2.77.